The third kappa shape index (κ3) is 3.90. The molecule has 0 N–H and O–H groups in total. The molecule has 1 aliphatic carbocycles. The van der Waals surface area contributed by atoms with E-state index in [-0.39, 0.29) is 5.91 Å². The molecule has 0 spiro atoms. The van der Waals surface area contributed by atoms with Gasteiger partial charge in [0, 0.05) is 44.2 Å². The molecule has 1 heterocycles. The Morgan fingerprint density at radius 1 is 1.38 bits per heavy atom. The Balaban J connectivity index is 2.04. The predicted octanol–water partition coefficient (Wildman–Crippen LogP) is 2.89. The Hall–Kier alpha value is -1.23. The van der Waals surface area contributed by atoms with Crippen LogP contribution < -0.4 is 4.90 Å². The van der Waals surface area contributed by atoms with Crippen molar-refractivity contribution >= 4 is 23.5 Å². The van der Waals surface area contributed by atoms with Crippen LogP contribution in [0.3, 0.4) is 0 Å². The highest BCUT2D eigenvalue weighted by Crippen LogP contribution is 2.32. The number of carbonyl (C=O) groups excluding carboxylic acids is 1. The molecule has 116 valence electrons. The molecule has 0 saturated heterocycles. The normalized spacial score (nSPS) is 21.3. The van der Waals surface area contributed by atoms with Gasteiger partial charge in [-0.3, -0.25) is 4.79 Å². The van der Waals surface area contributed by atoms with Crippen molar-refractivity contribution in [2.45, 2.75) is 37.5 Å². The molecule has 0 aromatic carbocycles. The summed E-state index contributed by atoms with van der Waals surface area (Å²) in [6.45, 7) is 2.20. The lowest BCUT2D eigenvalue weighted by Crippen LogP contribution is -2.35. The van der Waals surface area contributed by atoms with Crippen LogP contribution in [0.1, 0.15) is 36.5 Å². The van der Waals surface area contributed by atoms with Gasteiger partial charge in [0.05, 0.1) is 0 Å². The van der Waals surface area contributed by atoms with Crippen LogP contribution >= 0.6 is 11.8 Å². The van der Waals surface area contributed by atoms with Gasteiger partial charge in [-0.2, -0.15) is 11.8 Å². The van der Waals surface area contributed by atoms with Gasteiger partial charge in [-0.1, -0.05) is 6.92 Å². The maximum absolute atomic E-state index is 12.6. The van der Waals surface area contributed by atoms with Gasteiger partial charge in [-0.25, -0.2) is 4.98 Å². The largest absolute Gasteiger partial charge is 0.363 e. The van der Waals surface area contributed by atoms with Gasteiger partial charge in [-0.05, 0) is 37.1 Å². The molecule has 1 aliphatic rings. The molecule has 0 unspecified atom stereocenters. The Morgan fingerprint density at radius 2 is 2.14 bits per heavy atom. The number of carbonyl (C=O) groups is 1. The molecule has 1 saturated carbocycles. The number of rotatable bonds is 5. The van der Waals surface area contributed by atoms with Crippen LogP contribution in [0.4, 0.5) is 5.82 Å². The van der Waals surface area contributed by atoms with Crippen molar-refractivity contribution in [1.82, 2.24) is 9.88 Å². The van der Waals surface area contributed by atoms with E-state index in [4.69, 9.17) is 0 Å². The fraction of sp³-hybridized carbons (Fsp3) is 0.625. The maximum Gasteiger partial charge on any atom is 0.254 e. The maximum atomic E-state index is 12.6. The van der Waals surface area contributed by atoms with Crippen LogP contribution in [-0.4, -0.2) is 54.0 Å². The Bertz CT molecular complexity index is 492. The molecule has 4 nitrogen and oxygen atoms in total. The first kappa shape index (κ1) is 16.1. The van der Waals surface area contributed by atoms with Crippen LogP contribution in [0.25, 0.3) is 0 Å². The zero-order chi connectivity index (χ0) is 15.4. The fourth-order valence-electron chi connectivity index (χ4n) is 2.82. The van der Waals surface area contributed by atoms with E-state index < -0.39 is 0 Å². The molecule has 0 aliphatic heterocycles. The van der Waals surface area contributed by atoms with E-state index in [2.05, 4.69) is 11.9 Å². The van der Waals surface area contributed by atoms with Crippen molar-refractivity contribution in [3.63, 3.8) is 0 Å². The van der Waals surface area contributed by atoms with Gasteiger partial charge >= 0.3 is 0 Å². The SMILES string of the molecule is CCS[C@H]1CC[C@@H](N(C)C(=O)c2ccnc(N(C)C)c2)C1. The molecule has 0 radical (unpaired) electrons. The second-order valence-electron chi connectivity index (χ2n) is 5.76. The lowest BCUT2D eigenvalue weighted by molar-refractivity contribution is 0.0735. The van der Waals surface area contributed by atoms with Gasteiger partial charge in [0.15, 0.2) is 0 Å². The van der Waals surface area contributed by atoms with E-state index in [1.807, 2.05) is 48.8 Å². The topological polar surface area (TPSA) is 36.4 Å². The van der Waals surface area contributed by atoms with Crippen molar-refractivity contribution in [2.24, 2.45) is 0 Å². The number of aromatic nitrogens is 1. The number of hydrogen-bond donors (Lipinski definition) is 0. The molecule has 1 amide bonds. The van der Waals surface area contributed by atoms with Gasteiger partial charge < -0.3 is 9.80 Å². The number of thioether (sulfide) groups is 1. The first-order chi connectivity index (χ1) is 10.0. The summed E-state index contributed by atoms with van der Waals surface area (Å²) < 4.78 is 0. The smallest absolute Gasteiger partial charge is 0.254 e. The quantitative estimate of drug-likeness (QED) is 0.838. The molecule has 0 bridgehead atoms. The monoisotopic (exact) mass is 307 g/mol. The lowest BCUT2D eigenvalue weighted by atomic mass is 10.1. The predicted molar refractivity (Wildman–Crippen MR) is 90.2 cm³/mol. The number of nitrogens with zero attached hydrogens (tertiary/aromatic N) is 3. The van der Waals surface area contributed by atoms with E-state index in [9.17, 15) is 4.79 Å². The second kappa shape index (κ2) is 7.16. The van der Waals surface area contributed by atoms with Crippen molar-refractivity contribution in [1.29, 1.82) is 0 Å². The van der Waals surface area contributed by atoms with E-state index in [1.54, 1.807) is 12.3 Å². The van der Waals surface area contributed by atoms with E-state index >= 15 is 0 Å². The van der Waals surface area contributed by atoms with Crippen molar-refractivity contribution in [3.05, 3.63) is 23.9 Å². The highest BCUT2D eigenvalue weighted by atomic mass is 32.2. The molecule has 1 aromatic rings. The highest BCUT2D eigenvalue weighted by molar-refractivity contribution is 7.99. The zero-order valence-electron chi connectivity index (χ0n) is 13.4. The van der Waals surface area contributed by atoms with E-state index in [0.717, 1.165) is 30.0 Å². The van der Waals surface area contributed by atoms with Crippen LogP contribution in [0.5, 0.6) is 0 Å². The highest BCUT2D eigenvalue weighted by Gasteiger charge is 2.30. The number of pyridine rings is 1. The molecule has 1 fully saturated rings. The lowest BCUT2D eigenvalue weighted by Gasteiger charge is -2.25. The molecule has 2 rings (SSSR count). The summed E-state index contributed by atoms with van der Waals surface area (Å²) in [4.78, 5) is 20.7. The standard InChI is InChI=1S/C16H25N3OS/c1-5-21-14-7-6-13(11-14)19(4)16(20)12-8-9-17-15(10-12)18(2)3/h8-10,13-14H,5-7,11H2,1-4H3/t13-,14+/m1/s1. The average molecular weight is 307 g/mol. The number of hydrogen-bond acceptors (Lipinski definition) is 4. The van der Waals surface area contributed by atoms with Crippen LogP contribution in [0.2, 0.25) is 0 Å². The zero-order valence-corrected chi connectivity index (χ0v) is 14.2. The molecule has 5 heteroatoms. The van der Waals surface area contributed by atoms with Crippen LogP contribution in [0, 0.1) is 0 Å². The molecule has 1 aromatic heterocycles. The summed E-state index contributed by atoms with van der Waals surface area (Å²) in [6, 6.07) is 4.04. The van der Waals surface area contributed by atoms with Crippen LogP contribution in [0.15, 0.2) is 18.3 Å². The minimum atomic E-state index is 0.104. The summed E-state index contributed by atoms with van der Waals surface area (Å²) >= 11 is 2.02. The Morgan fingerprint density at radius 3 is 2.81 bits per heavy atom. The molecular weight excluding hydrogens is 282 g/mol. The average Bonchev–Trinajstić information content (AvgIpc) is 2.95. The van der Waals surface area contributed by atoms with E-state index in [1.165, 1.54) is 6.42 Å². The van der Waals surface area contributed by atoms with Gasteiger partial charge in [-0.15, -0.1) is 0 Å². The third-order valence-corrected chi connectivity index (χ3v) is 5.31. The molecule has 2 atom stereocenters. The first-order valence-corrected chi connectivity index (χ1v) is 8.60. The van der Waals surface area contributed by atoms with Crippen LogP contribution in [-0.2, 0) is 0 Å². The first-order valence-electron chi connectivity index (χ1n) is 7.55. The fourth-order valence-corrected chi connectivity index (χ4v) is 3.95. The van der Waals surface area contributed by atoms with Crippen molar-refractivity contribution < 1.29 is 4.79 Å². The number of amides is 1. The summed E-state index contributed by atoms with van der Waals surface area (Å²) in [5.41, 5.74) is 0.725. The Kier molecular flexibility index (Phi) is 5.51. The third-order valence-electron chi connectivity index (χ3n) is 4.08. The molecular formula is C16H25N3OS. The van der Waals surface area contributed by atoms with E-state index in [0.29, 0.717) is 11.3 Å². The van der Waals surface area contributed by atoms with Gasteiger partial charge in [0.25, 0.3) is 5.91 Å². The summed E-state index contributed by atoms with van der Waals surface area (Å²) in [6.07, 6.45) is 5.17. The van der Waals surface area contributed by atoms with Crippen molar-refractivity contribution in [3.8, 4) is 0 Å². The summed E-state index contributed by atoms with van der Waals surface area (Å²) in [7, 11) is 5.80. The summed E-state index contributed by atoms with van der Waals surface area (Å²) in [5.74, 6) is 2.08. The van der Waals surface area contributed by atoms with Gasteiger partial charge in [0.2, 0.25) is 0 Å². The second-order valence-corrected chi connectivity index (χ2v) is 7.33. The Labute approximate surface area is 131 Å². The minimum absolute atomic E-state index is 0.104. The number of anilines is 1. The summed E-state index contributed by atoms with van der Waals surface area (Å²) in [5, 5.41) is 0.713. The molecule has 21 heavy (non-hydrogen) atoms. The van der Waals surface area contributed by atoms with Crippen molar-refractivity contribution in [2.75, 3.05) is 31.8 Å². The van der Waals surface area contributed by atoms with Gasteiger partial charge in [0.1, 0.15) is 5.82 Å². The minimum Gasteiger partial charge on any atom is -0.363 e.